The van der Waals surface area contributed by atoms with Crippen molar-refractivity contribution in [2.24, 2.45) is 0 Å². The highest BCUT2D eigenvalue weighted by atomic mass is 16.7. The van der Waals surface area contributed by atoms with E-state index < -0.39 is 13.1 Å². The molecular weight excluding hydrogens is 68.0 g/mol. The van der Waals surface area contributed by atoms with Gasteiger partial charge in [0.25, 0.3) is 0 Å². The lowest BCUT2D eigenvalue weighted by Gasteiger charge is -1.76. The Labute approximate surface area is 36.3 Å². The zero-order valence-corrected chi connectivity index (χ0v) is 2.52. The summed E-state index contributed by atoms with van der Waals surface area (Å²) in [5.41, 5.74) is 0. The first kappa shape index (κ1) is 0.950. The molecule has 0 bridgehead atoms. The van der Waals surface area contributed by atoms with E-state index in [9.17, 15) is 0 Å². The van der Waals surface area contributed by atoms with Gasteiger partial charge in [0.05, 0.1) is 18.6 Å². The van der Waals surface area contributed by atoms with Crippen molar-refractivity contribution in [3.05, 3.63) is 0 Å². The summed E-state index contributed by atoms with van der Waals surface area (Å²) in [6.07, 6.45) is 0. The second-order valence-corrected chi connectivity index (χ2v) is 0.611. The first-order valence-corrected chi connectivity index (χ1v) is 1.24. The van der Waals surface area contributed by atoms with Gasteiger partial charge in [0, 0.05) is 0 Å². The zero-order valence-electron chi connectivity index (χ0n) is 6.52. The van der Waals surface area contributed by atoms with E-state index >= 15 is 0 Å². The van der Waals surface area contributed by atoms with Gasteiger partial charge in [-0.15, -0.1) is 0 Å². The van der Waals surface area contributed by atoms with E-state index in [0.29, 0.717) is 0 Å². The third kappa shape index (κ3) is 0.597. The summed E-state index contributed by atoms with van der Waals surface area (Å²) in [5, 5.41) is 0. The largest absolute Gasteiger partial charge is 0.353 e. The average Bonchev–Trinajstić information content (AvgIpc) is 1.81. The molecule has 1 fully saturated rings. The molecule has 0 aromatic carbocycles. The Hall–Kier alpha value is -0.0800. The minimum Gasteiger partial charge on any atom is -0.353 e. The first-order valence-electron chi connectivity index (χ1n) is 3.24. The predicted molar refractivity (Wildman–Crippen MR) is 16.8 cm³/mol. The highest BCUT2D eigenvalue weighted by molar-refractivity contribution is 4.28. The second kappa shape index (κ2) is 1.38. The quantitative estimate of drug-likeness (QED) is 0.405. The molecule has 1 aliphatic rings. The van der Waals surface area contributed by atoms with E-state index in [1.54, 1.807) is 0 Å². The van der Waals surface area contributed by atoms with Crippen molar-refractivity contribution in [2.75, 3.05) is 19.9 Å². The van der Waals surface area contributed by atoms with Crippen LogP contribution in [0.2, 0.25) is 0 Å². The molecule has 30 valence electrons. The van der Waals surface area contributed by atoms with Gasteiger partial charge in [-0.3, -0.25) is 0 Å². The van der Waals surface area contributed by atoms with E-state index in [1.807, 2.05) is 0 Å². The molecule has 0 spiro atoms. The van der Waals surface area contributed by atoms with Gasteiger partial charge >= 0.3 is 0 Å². The van der Waals surface area contributed by atoms with E-state index in [2.05, 4.69) is 9.47 Å². The Balaban J connectivity index is 2.75. The highest BCUT2D eigenvalue weighted by Crippen LogP contribution is 1.85. The van der Waals surface area contributed by atoms with Crippen LogP contribution in [0.5, 0.6) is 0 Å². The summed E-state index contributed by atoms with van der Waals surface area (Å²) in [7, 11) is 0. The van der Waals surface area contributed by atoms with Crippen molar-refractivity contribution in [2.45, 2.75) is 0 Å². The number of hydrogen-bond donors (Lipinski definition) is 0. The van der Waals surface area contributed by atoms with Crippen molar-refractivity contribution < 1.29 is 15.0 Å². The Morgan fingerprint density at radius 3 is 2.20 bits per heavy atom. The monoisotopic (exact) mass is 78.1 g/mol. The zero-order chi connectivity index (χ0) is 7.12. The van der Waals surface area contributed by atoms with Gasteiger partial charge in [0.1, 0.15) is 6.79 Å². The lowest BCUT2D eigenvalue weighted by Crippen LogP contribution is -1.79. The molecule has 0 atom stereocenters. The first-order chi connectivity index (χ1) is 3.96. The van der Waals surface area contributed by atoms with Gasteiger partial charge < -0.3 is 9.47 Å². The Kier molecular flexibility index (Phi) is 0.262. The van der Waals surface area contributed by atoms with Crippen molar-refractivity contribution in [3.63, 3.8) is 0 Å². The molecule has 1 heterocycles. The Bertz CT molecular complexity index is 109. The van der Waals surface area contributed by atoms with Gasteiger partial charge in [-0.1, -0.05) is 0 Å². The van der Waals surface area contributed by atoms with Crippen LogP contribution in [-0.2, 0) is 9.47 Å². The van der Waals surface area contributed by atoms with Crippen molar-refractivity contribution >= 4 is 0 Å². The van der Waals surface area contributed by atoms with Crippen LogP contribution in [0.4, 0.5) is 0 Å². The van der Waals surface area contributed by atoms with Gasteiger partial charge in [-0.25, -0.2) is 0 Å². The molecule has 2 nitrogen and oxygen atoms in total. The second-order valence-electron chi connectivity index (χ2n) is 0.611. The maximum atomic E-state index is 6.83. The number of ether oxygens (including phenoxy) is 2. The van der Waals surface area contributed by atoms with Crippen LogP contribution in [0.15, 0.2) is 0 Å². The van der Waals surface area contributed by atoms with Crippen molar-refractivity contribution in [1.29, 1.82) is 0 Å². The molecular formula is C3H6O2. The summed E-state index contributed by atoms with van der Waals surface area (Å²) in [5.74, 6) is 0. The molecule has 0 aliphatic carbocycles. The molecule has 1 rings (SSSR count). The Morgan fingerprint density at radius 2 is 2.00 bits per heavy atom. The maximum absolute atomic E-state index is 6.83. The summed E-state index contributed by atoms with van der Waals surface area (Å²) < 4.78 is 35.9. The summed E-state index contributed by atoms with van der Waals surface area (Å²) in [6, 6.07) is 0. The van der Waals surface area contributed by atoms with E-state index in [4.69, 9.17) is 5.48 Å². The van der Waals surface area contributed by atoms with Crippen molar-refractivity contribution in [1.82, 2.24) is 0 Å². The molecule has 0 aromatic rings. The topological polar surface area (TPSA) is 18.5 Å². The van der Waals surface area contributed by atoms with Crippen LogP contribution in [-0.4, -0.2) is 19.9 Å². The summed E-state index contributed by atoms with van der Waals surface area (Å²) in [6.45, 7) is -4.92. The normalized spacial score (nSPS) is 56.0. The van der Waals surface area contributed by atoms with E-state index in [0.717, 1.165) is 0 Å². The smallest absolute Gasteiger partial charge is 0.146 e. The molecule has 1 saturated heterocycles. The molecule has 0 N–H and O–H groups in total. The third-order valence-electron chi connectivity index (χ3n) is 0.304. The summed E-state index contributed by atoms with van der Waals surface area (Å²) >= 11 is 0. The van der Waals surface area contributed by atoms with E-state index in [1.165, 1.54) is 0 Å². The Morgan fingerprint density at radius 1 is 1.40 bits per heavy atom. The minimum atomic E-state index is -2.30. The highest BCUT2D eigenvalue weighted by Gasteiger charge is 1.93. The van der Waals surface area contributed by atoms with Crippen LogP contribution in [0.25, 0.3) is 0 Å². The lowest BCUT2D eigenvalue weighted by molar-refractivity contribution is 0.0692. The van der Waals surface area contributed by atoms with Gasteiger partial charge in [0.2, 0.25) is 0 Å². The molecule has 0 amide bonds. The molecule has 0 saturated carbocycles. The molecule has 0 unspecified atom stereocenters. The van der Waals surface area contributed by atoms with Gasteiger partial charge in [-0.05, 0) is 0 Å². The SMILES string of the molecule is [2H]C1([2H])OCOC1([2H])[2H]. The maximum Gasteiger partial charge on any atom is 0.146 e. The molecule has 0 radical (unpaired) electrons. The van der Waals surface area contributed by atoms with Gasteiger partial charge in [0.15, 0.2) is 0 Å². The molecule has 0 aromatic heterocycles. The number of hydrogen-bond acceptors (Lipinski definition) is 2. The predicted octanol–water partition coefficient (Wildman–Crippen LogP) is -0.00930. The molecule has 5 heavy (non-hydrogen) atoms. The van der Waals surface area contributed by atoms with E-state index in [-0.39, 0.29) is 6.79 Å². The third-order valence-corrected chi connectivity index (χ3v) is 0.304. The average molecular weight is 78.1 g/mol. The van der Waals surface area contributed by atoms with Crippen molar-refractivity contribution in [3.8, 4) is 0 Å². The minimum absolute atomic E-state index is 0.319. The lowest BCUT2D eigenvalue weighted by atomic mass is 10.8. The van der Waals surface area contributed by atoms with Gasteiger partial charge in [-0.2, -0.15) is 0 Å². The molecule has 2 heteroatoms. The van der Waals surface area contributed by atoms with Crippen LogP contribution < -0.4 is 0 Å². The van der Waals surface area contributed by atoms with Crippen LogP contribution >= 0.6 is 0 Å². The fourth-order valence-corrected chi connectivity index (χ4v) is 0.147. The molecule has 1 aliphatic heterocycles. The summed E-state index contributed by atoms with van der Waals surface area (Å²) in [4.78, 5) is 0. The fraction of sp³-hybridized carbons (Fsp3) is 1.00. The fourth-order valence-electron chi connectivity index (χ4n) is 0.147. The van der Waals surface area contributed by atoms with Crippen LogP contribution in [0.3, 0.4) is 0 Å². The van der Waals surface area contributed by atoms with Crippen LogP contribution in [0, 0.1) is 0 Å². The number of rotatable bonds is 0. The standard InChI is InChI=1S/C3H6O2/c1-2-5-3-4-1/h1-3H2/i1D2,2D2. The van der Waals surface area contributed by atoms with Crippen LogP contribution in [0.1, 0.15) is 5.48 Å².